The second-order valence-electron chi connectivity index (χ2n) is 6.25. The monoisotopic (exact) mass is 375 g/mol. The summed E-state index contributed by atoms with van der Waals surface area (Å²) < 4.78 is 0. The summed E-state index contributed by atoms with van der Waals surface area (Å²) in [7, 11) is 0. The van der Waals surface area contributed by atoms with Crippen molar-refractivity contribution in [2.45, 2.75) is 19.0 Å². The van der Waals surface area contributed by atoms with E-state index < -0.39 is 6.04 Å². The van der Waals surface area contributed by atoms with Gasteiger partial charge in [-0.1, -0.05) is 12.1 Å². The lowest BCUT2D eigenvalue weighted by Gasteiger charge is -2.13. The Morgan fingerprint density at radius 2 is 1.50 bits per heavy atom. The molecule has 3 rings (SSSR count). The van der Waals surface area contributed by atoms with E-state index in [4.69, 9.17) is 5.73 Å². The zero-order chi connectivity index (χ0) is 19.8. The van der Waals surface area contributed by atoms with Gasteiger partial charge in [0.2, 0.25) is 5.91 Å². The lowest BCUT2D eigenvalue weighted by molar-refractivity contribution is -0.121. The molecule has 28 heavy (non-hydrogen) atoms. The van der Waals surface area contributed by atoms with Gasteiger partial charge in [0, 0.05) is 55.0 Å². The van der Waals surface area contributed by atoms with Crippen molar-refractivity contribution in [2.75, 3.05) is 5.32 Å². The Labute approximate surface area is 163 Å². The maximum Gasteiger partial charge on any atom is 0.255 e. The molecule has 0 saturated carbocycles. The SMILES string of the molecule is NC(CC(=O)NCc1ccncc1)c1ccc(C(=O)Nc2ccncc2)cc1. The molecule has 2 amide bonds. The number of rotatable bonds is 7. The third-order valence-electron chi connectivity index (χ3n) is 4.18. The summed E-state index contributed by atoms with van der Waals surface area (Å²) >= 11 is 0. The van der Waals surface area contributed by atoms with E-state index >= 15 is 0 Å². The minimum atomic E-state index is -0.449. The molecule has 7 nitrogen and oxygen atoms in total. The van der Waals surface area contributed by atoms with Gasteiger partial charge < -0.3 is 16.4 Å². The summed E-state index contributed by atoms with van der Waals surface area (Å²) in [5, 5.41) is 5.63. The molecule has 0 spiro atoms. The molecule has 2 heterocycles. The molecule has 2 aromatic heterocycles. The van der Waals surface area contributed by atoms with Gasteiger partial charge in [0.05, 0.1) is 0 Å². The van der Waals surface area contributed by atoms with Crippen LogP contribution in [0.15, 0.2) is 73.3 Å². The van der Waals surface area contributed by atoms with E-state index in [2.05, 4.69) is 20.6 Å². The first-order valence-corrected chi connectivity index (χ1v) is 8.84. The predicted octanol–water partition coefficient (Wildman–Crippen LogP) is 2.44. The van der Waals surface area contributed by atoms with Crippen molar-refractivity contribution in [1.82, 2.24) is 15.3 Å². The van der Waals surface area contributed by atoms with Crippen molar-refractivity contribution < 1.29 is 9.59 Å². The van der Waals surface area contributed by atoms with Crippen LogP contribution in [0, 0.1) is 0 Å². The van der Waals surface area contributed by atoms with Gasteiger partial charge in [-0.3, -0.25) is 19.6 Å². The van der Waals surface area contributed by atoms with Crippen molar-refractivity contribution in [3.05, 3.63) is 90.0 Å². The normalized spacial score (nSPS) is 11.5. The van der Waals surface area contributed by atoms with Crippen LogP contribution < -0.4 is 16.4 Å². The van der Waals surface area contributed by atoms with E-state index in [-0.39, 0.29) is 18.2 Å². The Bertz CT molecular complexity index is 915. The van der Waals surface area contributed by atoms with Crippen LogP contribution in [0.3, 0.4) is 0 Å². The van der Waals surface area contributed by atoms with Gasteiger partial charge in [-0.25, -0.2) is 0 Å². The van der Waals surface area contributed by atoms with Gasteiger partial charge in [-0.05, 0) is 47.5 Å². The highest BCUT2D eigenvalue weighted by molar-refractivity contribution is 6.04. The molecular formula is C21H21N5O2. The number of aromatic nitrogens is 2. The number of nitrogens with one attached hydrogen (secondary N) is 2. The number of hydrogen-bond acceptors (Lipinski definition) is 5. The van der Waals surface area contributed by atoms with E-state index in [1.807, 2.05) is 12.1 Å². The highest BCUT2D eigenvalue weighted by Crippen LogP contribution is 2.16. The molecule has 3 aromatic rings. The Morgan fingerprint density at radius 3 is 2.14 bits per heavy atom. The first kappa shape index (κ1) is 19.2. The quantitative estimate of drug-likeness (QED) is 0.587. The number of anilines is 1. The molecule has 1 unspecified atom stereocenters. The number of carbonyl (C=O) groups is 2. The van der Waals surface area contributed by atoms with E-state index in [0.717, 1.165) is 11.1 Å². The Kier molecular flexibility index (Phi) is 6.43. The second kappa shape index (κ2) is 9.38. The molecule has 7 heteroatoms. The first-order chi connectivity index (χ1) is 13.6. The highest BCUT2D eigenvalue weighted by Gasteiger charge is 2.13. The average Bonchev–Trinajstić information content (AvgIpc) is 2.74. The lowest BCUT2D eigenvalue weighted by Crippen LogP contribution is -2.27. The first-order valence-electron chi connectivity index (χ1n) is 8.84. The third-order valence-corrected chi connectivity index (χ3v) is 4.18. The summed E-state index contributed by atoms with van der Waals surface area (Å²) in [5.41, 5.74) is 9.08. The third kappa shape index (κ3) is 5.46. The Hall–Kier alpha value is -3.58. The largest absolute Gasteiger partial charge is 0.352 e. The summed E-state index contributed by atoms with van der Waals surface area (Å²) in [6.45, 7) is 0.433. The molecule has 0 aliphatic carbocycles. The van der Waals surface area contributed by atoms with Gasteiger partial charge in [0.1, 0.15) is 0 Å². The molecule has 0 radical (unpaired) electrons. The summed E-state index contributed by atoms with van der Waals surface area (Å²) in [4.78, 5) is 32.2. The average molecular weight is 375 g/mol. The van der Waals surface area contributed by atoms with Crippen LogP contribution in [0.5, 0.6) is 0 Å². The maximum atomic E-state index is 12.3. The van der Waals surface area contributed by atoms with Crippen molar-refractivity contribution in [3.8, 4) is 0 Å². The van der Waals surface area contributed by atoms with E-state index in [1.165, 1.54) is 0 Å². The lowest BCUT2D eigenvalue weighted by atomic mass is 10.0. The van der Waals surface area contributed by atoms with Gasteiger partial charge >= 0.3 is 0 Å². The van der Waals surface area contributed by atoms with E-state index in [0.29, 0.717) is 17.8 Å². The van der Waals surface area contributed by atoms with Gasteiger partial charge in [-0.15, -0.1) is 0 Å². The van der Waals surface area contributed by atoms with Crippen molar-refractivity contribution in [1.29, 1.82) is 0 Å². The molecule has 0 saturated heterocycles. The number of pyridine rings is 2. The Morgan fingerprint density at radius 1 is 0.893 bits per heavy atom. The minimum absolute atomic E-state index is 0.135. The topological polar surface area (TPSA) is 110 Å². The molecule has 1 aromatic carbocycles. The smallest absolute Gasteiger partial charge is 0.255 e. The number of nitrogens with zero attached hydrogens (tertiary/aromatic N) is 2. The van der Waals surface area contributed by atoms with Crippen LogP contribution in [0.4, 0.5) is 5.69 Å². The Balaban J connectivity index is 1.52. The standard InChI is InChI=1S/C21H21N5O2/c22-19(13-20(27)25-14-15-5-9-23-10-6-15)16-1-3-17(4-2-16)21(28)26-18-7-11-24-12-8-18/h1-12,19H,13-14,22H2,(H,25,27)(H,24,26,28). The van der Waals surface area contributed by atoms with Crippen molar-refractivity contribution in [3.63, 3.8) is 0 Å². The molecule has 1 atom stereocenters. The number of nitrogens with two attached hydrogens (primary N) is 1. The minimum Gasteiger partial charge on any atom is -0.352 e. The molecule has 0 fully saturated rings. The van der Waals surface area contributed by atoms with Crippen LogP contribution in [0.2, 0.25) is 0 Å². The van der Waals surface area contributed by atoms with E-state index in [9.17, 15) is 9.59 Å². The van der Waals surface area contributed by atoms with Crippen LogP contribution in [0.1, 0.15) is 33.9 Å². The fourth-order valence-corrected chi connectivity index (χ4v) is 2.61. The van der Waals surface area contributed by atoms with Gasteiger partial charge in [0.25, 0.3) is 5.91 Å². The fourth-order valence-electron chi connectivity index (χ4n) is 2.61. The summed E-state index contributed by atoms with van der Waals surface area (Å²) in [6.07, 6.45) is 6.74. The van der Waals surface area contributed by atoms with Gasteiger partial charge in [-0.2, -0.15) is 0 Å². The summed E-state index contributed by atoms with van der Waals surface area (Å²) in [5.74, 6) is -0.356. The number of amides is 2. The van der Waals surface area contributed by atoms with Crippen LogP contribution >= 0.6 is 0 Å². The maximum absolute atomic E-state index is 12.3. The fraction of sp³-hybridized carbons (Fsp3) is 0.143. The summed E-state index contributed by atoms with van der Waals surface area (Å²) in [6, 6.07) is 13.6. The number of hydrogen-bond donors (Lipinski definition) is 3. The van der Waals surface area contributed by atoms with Crippen LogP contribution in [-0.4, -0.2) is 21.8 Å². The molecule has 0 aliphatic rings. The van der Waals surface area contributed by atoms with Crippen molar-refractivity contribution in [2.24, 2.45) is 5.73 Å². The van der Waals surface area contributed by atoms with Crippen LogP contribution in [0.25, 0.3) is 0 Å². The molecule has 0 bridgehead atoms. The predicted molar refractivity (Wildman–Crippen MR) is 106 cm³/mol. The number of benzene rings is 1. The van der Waals surface area contributed by atoms with Gasteiger partial charge in [0.15, 0.2) is 0 Å². The molecule has 142 valence electrons. The van der Waals surface area contributed by atoms with Crippen LogP contribution in [-0.2, 0) is 11.3 Å². The molecule has 4 N–H and O–H groups in total. The highest BCUT2D eigenvalue weighted by atomic mass is 16.2. The molecule has 0 aliphatic heterocycles. The zero-order valence-corrected chi connectivity index (χ0v) is 15.2. The van der Waals surface area contributed by atoms with E-state index in [1.54, 1.807) is 61.2 Å². The second-order valence-corrected chi connectivity index (χ2v) is 6.25. The molecular weight excluding hydrogens is 354 g/mol. The number of carbonyl (C=O) groups excluding carboxylic acids is 2. The zero-order valence-electron chi connectivity index (χ0n) is 15.2. The van der Waals surface area contributed by atoms with Crippen molar-refractivity contribution >= 4 is 17.5 Å².